The third-order valence-corrected chi connectivity index (χ3v) is 5.02. The lowest BCUT2D eigenvalue weighted by Crippen LogP contribution is -2.46. The summed E-state index contributed by atoms with van der Waals surface area (Å²) in [7, 11) is 0. The first kappa shape index (κ1) is 18.4. The molecule has 1 saturated heterocycles. The molecule has 2 aromatic rings. The van der Waals surface area contributed by atoms with Gasteiger partial charge in [-0.25, -0.2) is 0 Å². The van der Waals surface area contributed by atoms with Crippen LogP contribution in [0.4, 0.5) is 0 Å². The second-order valence-electron chi connectivity index (χ2n) is 7.03. The highest BCUT2D eigenvalue weighted by atomic mass is 16.5. The monoisotopic (exact) mass is 355 g/mol. The minimum absolute atomic E-state index is 0.372. The lowest BCUT2D eigenvalue weighted by atomic mass is 9.94. The number of likely N-dealkylation sites (tertiary alicyclic amines) is 1. The lowest BCUT2D eigenvalue weighted by Gasteiger charge is -2.34. The highest BCUT2D eigenvalue weighted by molar-refractivity contribution is 5.71. The number of aliphatic hydroxyl groups excluding tert-OH is 1. The first-order valence-electron chi connectivity index (χ1n) is 8.89. The molecule has 2 N–H and O–H groups in total. The summed E-state index contributed by atoms with van der Waals surface area (Å²) < 4.78 is 5.90. The highest BCUT2D eigenvalue weighted by Crippen LogP contribution is 2.25. The van der Waals surface area contributed by atoms with Gasteiger partial charge in [-0.3, -0.25) is 9.69 Å². The summed E-state index contributed by atoms with van der Waals surface area (Å²) in [6.07, 6.45) is -0.261. The second-order valence-corrected chi connectivity index (χ2v) is 7.03. The number of carboxylic acids is 1. The molecule has 2 atom stereocenters. The summed E-state index contributed by atoms with van der Waals surface area (Å²) in [6, 6.07) is 13.9. The summed E-state index contributed by atoms with van der Waals surface area (Å²) in [5.74, 6) is -0.0554. The molecule has 5 nitrogen and oxygen atoms in total. The SMILES string of the molecule is Cc1ccc(Oc2ccc(CN3CC[C@@H](O)[C@@H](C(=O)O)C3)cc2)cc1C. The second kappa shape index (κ2) is 7.89. The fraction of sp³-hybridized carbons (Fsp3) is 0.381. The van der Waals surface area contributed by atoms with E-state index in [1.165, 1.54) is 11.1 Å². The molecule has 3 rings (SSSR count). The van der Waals surface area contributed by atoms with Gasteiger partial charge >= 0.3 is 5.97 Å². The summed E-state index contributed by atoms with van der Waals surface area (Å²) in [6.45, 7) is 5.87. The number of aliphatic carboxylic acids is 1. The Morgan fingerprint density at radius 2 is 1.81 bits per heavy atom. The number of carboxylic acid groups (broad SMARTS) is 1. The summed E-state index contributed by atoms with van der Waals surface area (Å²) in [5.41, 5.74) is 3.52. The first-order chi connectivity index (χ1) is 12.4. The summed E-state index contributed by atoms with van der Waals surface area (Å²) in [5, 5.41) is 19.0. The maximum atomic E-state index is 11.2. The van der Waals surface area contributed by atoms with Crippen molar-refractivity contribution < 1.29 is 19.7 Å². The van der Waals surface area contributed by atoms with Crippen LogP contribution in [0.3, 0.4) is 0 Å². The fourth-order valence-corrected chi connectivity index (χ4v) is 3.23. The van der Waals surface area contributed by atoms with Gasteiger partial charge < -0.3 is 14.9 Å². The molecule has 1 fully saturated rings. The molecule has 0 spiro atoms. The number of benzene rings is 2. The van der Waals surface area contributed by atoms with Gasteiger partial charge in [-0.15, -0.1) is 0 Å². The number of ether oxygens (including phenoxy) is 1. The van der Waals surface area contributed by atoms with Gasteiger partial charge in [0.2, 0.25) is 0 Å². The molecule has 1 heterocycles. The van der Waals surface area contributed by atoms with Crippen molar-refractivity contribution in [2.75, 3.05) is 13.1 Å². The number of hydrogen-bond donors (Lipinski definition) is 2. The van der Waals surface area contributed by atoms with E-state index < -0.39 is 18.0 Å². The van der Waals surface area contributed by atoms with Gasteiger partial charge in [0.25, 0.3) is 0 Å². The van der Waals surface area contributed by atoms with E-state index in [9.17, 15) is 15.0 Å². The summed E-state index contributed by atoms with van der Waals surface area (Å²) in [4.78, 5) is 13.3. The minimum Gasteiger partial charge on any atom is -0.481 e. The van der Waals surface area contributed by atoms with E-state index in [1.54, 1.807) is 0 Å². The standard InChI is InChI=1S/C21H25NO4/c1-14-3-6-18(11-15(14)2)26-17-7-4-16(5-8-17)12-22-10-9-20(23)19(13-22)21(24)25/h3-8,11,19-20,23H,9-10,12-13H2,1-2H3,(H,24,25)/t19-,20+/m0/s1. The molecule has 138 valence electrons. The number of piperidine rings is 1. The van der Waals surface area contributed by atoms with Crippen LogP contribution in [-0.2, 0) is 11.3 Å². The van der Waals surface area contributed by atoms with E-state index in [-0.39, 0.29) is 0 Å². The van der Waals surface area contributed by atoms with Crippen molar-refractivity contribution in [3.63, 3.8) is 0 Å². The van der Waals surface area contributed by atoms with E-state index in [4.69, 9.17) is 4.74 Å². The molecule has 0 amide bonds. The van der Waals surface area contributed by atoms with Crippen LogP contribution in [0.25, 0.3) is 0 Å². The normalized spacial score (nSPS) is 20.7. The molecule has 5 heteroatoms. The van der Waals surface area contributed by atoms with Crippen molar-refractivity contribution in [3.05, 3.63) is 59.2 Å². The van der Waals surface area contributed by atoms with Crippen molar-refractivity contribution in [2.24, 2.45) is 5.92 Å². The fourth-order valence-electron chi connectivity index (χ4n) is 3.23. The number of aliphatic hydroxyl groups is 1. The van der Waals surface area contributed by atoms with Crippen molar-refractivity contribution >= 4 is 5.97 Å². The molecular weight excluding hydrogens is 330 g/mol. The van der Waals surface area contributed by atoms with Crippen LogP contribution < -0.4 is 4.74 Å². The Labute approximate surface area is 153 Å². The number of carbonyl (C=O) groups is 1. The molecule has 0 unspecified atom stereocenters. The van der Waals surface area contributed by atoms with Gasteiger partial charge in [0, 0.05) is 19.6 Å². The molecular formula is C21H25NO4. The average molecular weight is 355 g/mol. The third-order valence-electron chi connectivity index (χ3n) is 5.02. The zero-order chi connectivity index (χ0) is 18.7. The topological polar surface area (TPSA) is 70.0 Å². The van der Waals surface area contributed by atoms with Gasteiger partial charge in [-0.2, -0.15) is 0 Å². The van der Waals surface area contributed by atoms with Gasteiger partial charge in [-0.1, -0.05) is 18.2 Å². The van der Waals surface area contributed by atoms with Crippen LogP contribution in [0.5, 0.6) is 11.5 Å². The van der Waals surface area contributed by atoms with Crippen LogP contribution >= 0.6 is 0 Å². The van der Waals surface area contributed by atoms with E-state index >= 15 is 0 Å². The molecule has 2 aromatic carbocycles. The molecule has 1 aliphatic rings. The molecule has 0 saturated carbocycles. The number of nitrogens with zero attached hydrogens (tertiary/aromatic N) is 1. The lowest BCUT2D eigenvalue weighted by molar-refractivity contribution is -0.149. The van der Waals surface area contributed by atoms with Gasteiger partial charge in [-0.05, 0) is 61.2 Å². The van der Waals surface area contributed by atoms with Crippen LogP contribution in [0, 0.1) is 19.8 Å². The Hall–Kier alpha value is -2.37. The Balaban J connectivity index is 1.61. The highest BCUT2D eigenvalue weighted by Gasteiger charge is 2.32. The summed E-state index contributed by atoms with van der Waals surface area (Å²) >= 11 is 0. The van der Waals surface area contributed by atoms with E-state index in [0.29, 0.717) is 26.1 Å². The Morgan fingerprint density at radius 3 is 2.46 bits per heavy atom. The first-order valence-corrected chi connectivity index (χ1v) is 8.89. The Bertz CT molecular complexity index is 772. The van der Waals surface area contributed by atoms with E-state index in [0.717, 1.165) is 17.1 Å². The molecule has 0 aromatic heterocycles. The van der Waals surface area contributed by atoms with Crippen molar-refractivity contribution in [1.29, 1.82) is 0 Å². The predicted octanol–water partition coefficient (Wildman–Crippen LogP) is 3.36. The zero-order valence-electron chi connectivity index (χ0n) is 15.2. The number of aryl methyl sites for hydroxylation is 2. The average Bonchev–Trinajstić information content (AvgIpc) is 2.61. The molecule has 1 aliphatic heterocycles. The minimum atomic E-state index is -0.931. The number of hydrogen-bond acceptors (Lipinski definition) is 4. The number of rotatable bonds is 5. The van der Waals surface area contributed by atoms with Crippen molar-refractivity contribution in [3.8, 4) is 11.5 Å². The molecule has 0 radical (unpaired) electrons. The smallest absolute Gasteiger partial charge is 0.310 e. The van der Waals surface area contributed by atoms with E-state index in [2.05, 4.69) is 18.7 Å². The van der Waals surface area contributed by atoms with Gasteiger partial charge in [0.15, 0.2) is 0 Å². The Morgan fingerprint density at radius 1 is 1.12 bits per heavy atom. The largest absolute Gasteiger partial charge is 0.481 e. The van der Waals surface area contributed by atoms with Crippen molar-refractivity contribution in [1.82, 2.24) is 4.90 Å². The van der Waals surface area contributed by atoms with Crippen molar-refractivity contribution in [2.45, 2.75) is 32.9 Å². The van der Waals surface area contributed by atoms with Crippen LogP contribution in [0.2, 0.25) is 0 Å². The zero-order valence-corrected chi connectivity index (χ0v) is 15.2. The van der Waals surface area contributed by atoms with Gasteiger partial charge in [0.1, 0.15) is 11.5 Å². The Kier molecular flexibility index (Phi) is 5.59. The van der Waals surface area contributed by atoms with Crippen LogP contribution in [0.1, 0.15) is 23.1 Å². The quantitative estimate of drug-likeness (QED) is 0.861. The molecule has 0 bridgehead atoms. The predicted molar refractivity (Wildman–Crippen MR) is 99.5 cm³/mol. The third kappa shape index (κ3) is 4.42. The maximum absolute atomic E-state index is 11.2. The molecule has 0 aliphatic carbocycles. The van der Waals surface area contributed by atoms with E-state index in [1.807, 2.05) is 42.5 Å². The van der Waals surface area contributed by atoms with Gasteiger partial charge in [0.05, 0.1) is 12.0 Å². The molecule has 26 heavy (non-hydrogen) atoms. The van der Waals surface area contributed by atoms with Crippen LogP contribution in [-0.4, -0.2) is 40.3 Å². The maximum Gasteiger partial charge on any atom is 0.310 e. The van der Waals surface area contributed by atoms with Crippen LogP contribution in [0.15, 0.2) is 42.5 Å².